The average Bonchev–Trinajstić information content (AvgIpc) is 3.57. The first-order valence-electron chi connectivity index (χ1n) is 13.6. The number of nitriles is 1. The van der Waals surface area contributed by atoms with E-state index >= 15 is 4.39 Å². The maximum absolute atomic E-state index is 15.2. The summed E-state index contributed by atoms with van der Waals surface area (Å²) in [7, 11) is 1.73. The lowest BCUT2D eigenvalue weighted by molar-refractivity contribution is -0.126. The van der Waals surface area contributed by atoms with Crippen LogP contribution in [0.4, 0.5) is 14.9 Å². The van der Waals surface area contributed by atoms with Crippen LogP contribution in [0.5, 0.6) is 0 Å². The number of Topliss-reactive ketones (excluding diaryl/α,β-unsaturated/α-hetero) is 1. The molecule has 1 saturated carbocycles. The largest absolute Gasteiger partial charge is 0.444 e. The van der Waals surface area contributed by atoms with Gasteiger partial charge >= 0.3 is 6.09 Å². The summed E-state index contributed by atoms with van der Waals surface area (Å²) in [6.07, 6.45) is 2.44. The Bertz CT molecular complexity index is 1370. The summed E-state index contributed by atoms with van der Waals surface area (Å²) >= 11 is 0. The van der Waals surface area contributed by atoms with Gasteiger partial charge in [-0.2, -0.15) is 5.26 Å². The van der Waals surface area contributed by atoms with Crippen molar-refractivity contribution in [3.63, 3.8) is 0 Å². The fraction of sp³-hybridized carbons (Fsp3) is 0.484. The molecule has 2 bridgehead atoms. The van der Waals surface area contributed by atoms with Crippen LogP contribution in [-0.2, 0) is 27.2 Å². The topological polar surface area (TPSA) is 90.7 Å². The van der Waals surface area contributed by atoms with Gasteiger partial charge in [-0.25, -0.2) is 9.18 Å². The highest BCUT2D eigenvalue weighted by molar-refractivity contribution is 6.01. The monoisotopic (exact) mass is 531 g/mol. The van der Waals surface area contributed by atoms with Gasteiger partial charge in [-0.1, -0.05) is 24.3 Å². The molecule has 2 aromatic rings. The predicted octanol–water partition coefficient (Wildman–Crippen LogP) is 5.44. The quantitative estimate of drug-likeness (QED) is 0.495. The minimum atomic E-state index is -0.711. The minimum Gasteiger partial charge on any atom is -0.444 e. The summed E-state index contributed by atoms with van der Waals surface area (Å²) in [6, 6.07) is 12.1. The van der Waals surface area contributed by atoms with Crippen LogP contribution in [0.15, 0.2) is 36.4 Å². The van der Waals surface area contributed by atoms with Crippen molar-refractivity contribution < 1.29 is 23.5 Å². The molecule has 2 aromatic carbocycles. The molecule has 2 amide bonds. The van der Waals surface area contributed by atoms with E-state index in [1.54, 1.807) is 49.8 Å². The fourth-order valence-corrected chi connectivity index (χ4v) is 6.29. The van der Waals surface area contributed by atoms with Crippen molar-refractivity contribution in [2.75, 3.05) is 11.9 Å². The number of rotatable bonds is 6. The van der Waals surface area contributed by atoms with E-state index in [0.29, 0.717) is 17.5 Å². The van der Waals surface area contributed by atoms with E-state index in [4.69, 9.17) is 4.74 Å². The van der Waals surface area contributed by atoms with E-state index < -0.39 is 29.5 Å². The Balaban J connectivity index is 1.28. The molecule has 1 saturated heterocycles. The van der Waals surface area contributed by atoms with Crippen LogP contribution in [0.1, 0.15) is 57.6 Å². The van der Waals surface area contributed by atoms with Gasteiger partial charge in [-0.3, -0.25) is 14.5 Å². The van der Waals surface area contributed by atoms with Crippen molar-refractivity contribution in [2.45, 2.75) is 77.0 Å². The summed E-state index contributed by atoms with van der Waals surface area (Å²) in [5.41, 5.74) is 2.94. The van der Waals surface area contributed by atoms with E-state index in [0.717, 1.165) is 36.1 Å². The molecule has 0 spiro atoms. The van der Waals surface area contributed by atoms with Gasteiger partial charge in [0.15, 0.2) is 5.78 Å². The van der Waals surface area contributed by atoms with Gasteiger partial charge in [0.2, 0.25) is 5.91 Å². The van der Waals surface area contributed by atoms with Gasteiger partial charge in [0.1, 0.15) is 11.4 Å². The highest BCUT2D eigenvalue weighted by Crippen LogP contribution is 2.44. The lowest BCUT2D eigenvalue weighted by Gasteiger charge is -2.35. The number of amides is 2. The van der Waals surface area contributed by atoms with Crippen molar-refractivity contribution in [3.8, 4) is 17.2 Å². The summed E-state index contributed by atoms with van der Waals surface area (Å²) < 4.78 is 20.8. The molecule has 8 heteroatoms. The molecular weight excluding hydrogens is 497 g/mol. The molecule has 0 aromatic heterocycles. The van der Waals surface area contributed by atoms with E-state index in [2.05, 4.69) is 6.07 Å². The summed E-state index contributed by atoms with van der Waals surface area (Å²) in [5, 5.41) is 9.84. The van der Waals surface area contributed by atoms with Crippen LogP contribution in [0, 0.1) is 29.0 Å². The molecule has 2 aliphatic heterocycles. The van der Waals surface area contributed by atoms with Crippen molar-refractivity contribution in [1.29, 1.82) is 5.26 Å². The van der Waals surface area contributed by atoms with Crippen LogP contribution in [0.2, 0.25) is 0 Å². The van der Waals surface area contributed by atoms with E-state index in [1.165, 1.54) is 6.07 Å². The second-order valence-corrected chi connectivity index (χ2v) is 12.0. The first-order valence-corrected chi connectivity index (χ1v) is 13.6. The summed E-state index contributed by atoms with van der Waals surface area (Å²) in [6.45, 7) is 5.39. The highest BCUT2D eigenvalue weighted by Gasteiger charge is 2.52. The number of hydrogen-bond donors (Lipinski definition) is 0. The Morgan fingerprint density at radius 2 is 1.87 bits per heavy atom. The van der Waals surface area contributed by atoms with E-state index in [-0.39, 0.29) is 36.5 Å². The fourth-order valence-electron chi connectivity index (χ4n) is 6.29. The third-order valence-electron chi connectivity index (χ3n) is 8.16. The maximum atomic E-state index is 15.2. The Morgan fingerprint density at radius 3 is 2.56 bits per heavy atom. The molecule has 1 aliphatic carbocycles. The number of likely N-dealkylation sites (tertiary alicyclic amines) is 1. The lowest BCUT2D eigenvalue weighted by atomic mass is 9.87. The van der Waals surface area contributed by atoms with Crippen molar-refractivity contribution in [3.05, 3.63) is 53.3 Å². The van der Waals surface area contributed by atoms with Gasteiger partial charge in [0, 0.05) is 25.2 Å². The normalized spacial score (nSPS) is 22.6. The number of hydrogen-bond acceptors (Lipinski definition) is 5. The second-order valence-electron chi connectivity index (χ2n) is 12.0. The number of ether oxygens (including phenoxy) is 1. The smallest absolute Gasteiger partial charge is 0.411 e. The van der Waals surface area contributed by atoms with Crippen LogP contribution < -0.4 is 4.90 Å². The molecule has 204 valence electrons. The zero-order valence-electron chi connectivity index (χ0n) is 22.9. The number of ketones is 1. The third-order valence-corrected chi connectivity index (χ3v) is 8.16. The molecular formula is C31H34FN3O4. The number of likely N-dealkylation sites (N-methyl/N-ethyl adjacent to an activating group) is 1. The zero-order chi connectivity index (χ0) is 28.1. The van der Waals surface area contributed by atoms with Crippen LogP contribution in [0.25, 0.3) is 11.1 Å². The first kappa shape index (κ1) is 26.9. The number of carbonyl (C=O) groups excluding carboxylic acids is 3. The predicted molar refractivity (Wildman–Crippen MR) is 144 cm³/mol. The van der Waals surface area contributed by atoms with Gasteiger partial charge in [-0.05, 0) is 86.8 Å². The van der Waals surface area contributed by atoms with E-state index in [9.17, 15) is 19.6 Å². The Labute approximate surface area is 228 Å². The number of benzene rings is 2. The molecule has 5 rings (SSSR count). The maximum Gasteiger partial charge on any atom is 0.411 e. The summed E-state index contributed by atoms with van der Waals surface area (Å²) in [4.78, 5) is 41.5. The molecule has 3 aliphatic rings. The van der Waals surface area contributed by atoms with Crippen molar-refractivity contribution in [1.82, 2.24) is 4.90 Å². The Kier molecular flexibility index (Phi) is 6.96. The highest BCUT2D eigenvalue weighted by atomic mass is 19.1. The zero-order valence-corrected chi connectivity index (χ0v) is 22.9. The van der Waals surface area contributed by atoms with Crippen molar-refractivity contribution in [2.24, 2.45) is 11.8 Å². The SMILES string of the molecule is CN1C(=O)Cc2ccc(-c3ccc(CC(C#N)CC(=O)[C@@H]4[C@H]5CC[C@H](C5)N4C(=O)OC(C)(C)C)c(F)c3)cc21. The molecule has 1 unspecified atom stereocenters. The number of nitrogens with zero attached hydrogens (tertiary/aromatic N) is 3. The van der Waals surface area contributed by atoms with E-state index in [1.807, 2.05) is 18.2 Å². The average molecular weight is 532 g/mol. The Hall–Kier alpha value is -3.73. The van der Waals surface area contributed by atoms with Gasteiger partial charge in [0.25, 0.3) is 0 Å². The lowest BCUT2D eigenvalue weighted by Crippen LogP contribution is -2.51. The van der Waals surface area contributed by atoms with Crippen LogP contribution >= 0.6 is 0 Å². The number of anilines is 1. The first-order chi connectivity index (χ1) is 18.4. The van der Waals surface area contributed by atoms with Crippen LogP contribution in [0.3, 0.4) is 0 Å². The van der Waals surface area contributed by atoms with Crippen molar-refractivity contribution >= 4 is 23.5 Å². The second kappa shape index (κ2) is 10.1. The Morgan fingerprint density at radius 1 is 1.15 bits per heavy atom. The number of fused-ring (bicyclic) bond motifs is 3. The van der Waals surface area contributed by atoms with Gasteiger partial charge < -0.3 is 9.64 Å². The molecule has 2 fully saturated rings. The molecule has 2 heterocycles. The summed E-state index contributed by atoms with van der Waals surface area (Å²) in [5.74, 6) is -1.21. The number of halogens is 1. The van der Waals surface area contributed by atoms with Gasteiger partial charge in [0.05, 0.1) is 24.4 Å². The molecule has 0 N–H and O–H groups in total. The van der Waals surface area contributed by atoms with Gasteiger partial charge in [-0.15, -0.1) is 0 Å². The third kappa shape index (κ3) is 5.27. The molecule has 7 nitrogen and oxygen atoms in total. The molecule has 0 radical (unpaired) electrons. The minimum absolute atomic E-state index is 0.0125. The molecule has 39 heavy (non-hydrogen) atoms. The van der Waals surface area contributed by atoms with Crippen LogP contribution in [-0.4, -0.2) is 47.4 Å². The standard InChI is InChI=1S/C31H34FN3O4/c1-31(2,3)39-30(38)35-24-10-9-23(13-24)29(35)27(36)12-18(17-33)11-21-7-5-19(14-25(21)32)20-6-8-22-16-28(37)34(4)26(22)15-20/h5-8,14-15,18,23-24,29H,9-13,16H2,1-4H3/t18?,23-,24+,29-/m0/s1. The number of carbonyl (C=O) groups is 3. The number of piperidine rings is 1. The molecule has 4 atom stereocenters.